The maximum atomic E-state index is 12.8. The summed E-state index contributed by atoms with van der Waals surface area (Å²) in [4.78, 5) is 6.95. The van der Waals surface area contributed by atoms with Crippen molar-refractivity contribution in [3.8, 4) is 0 Å². The number of aromatic amines is 1. The van der Waals surface area contributed by atoms with Gasteiger partial charge in [-0.15, -0.1) is 0 Å². The van der Waals surface area contributed by atoms with Crippen LogP contribution in [0.15, 0.2) is 53.4 Å². The number of para-hydroxylation sites is 2. The molecule has 0 atom stereocenters. The van der Waals surface area contributed by atoms with Crippen LogP contribution in [0.25, 0.3) is 11.0 Å². The van der Waals surface area contributed by atoms with E-state index in [4.69, 9.17) is 0 Å². The third kappa shape index (κ3) is 2.35. The first-order chi connectivity index (χ1) is 9.54. The van der Waals surface area contributed by atoms with E-state index in [9.17, 15) is 12.8 Å². The molecule has 1 heterocycles. The molecule has 3 aromatic rings. The number of nitrogens with zero attached hydrogens (tertiary/aromatic N) is 1. The average molecular weight is 291 g/mol. The van der Waals surface area contributed by atoms with Crippen LogP contribution in [0.2, 0.25) is 0 Å². The Labute approximate surface area is 114 Å². The zero-order valence-electron chi connectivity index (χ0n) is 10.2. The number of sulfonamides is 1. The summed E-state index contributed by atoms with van der Waals surface area (Å²) in [5.74, 6) is -0.372. The van der Waals surface area contributed by atoms with Gasteiger partial charge in [-0.05, 0) is 36.4 Å². The van der Waals surface area contributed by atoms with Gasteiger partial charge in [-0.1, -0.05) is 12.1 Å². The highest BCUT2D eigenvalue weighted by Crippen LogP contribution is 2.17. The fourth-order valence-electron chi connectivity index (χ4n) is 1.80. The van der Waals surface area contributed by atoms with Crippen LogP contribution in [0.1, 0.15) is 0 Å². The number of aromatic nitrogens is 2. The highest BCUT2D eigenvalue weighted by molar-refractivity contribution is 7.92. The lowest BCUT2D eigenvalue weighted by atomic mass is 10.3. The van der Waals surface area contributed by atoms with Crippen molar-refractivity contribution < 1.29 is 12.8 Å². The maximum Gasteiger partial charge on any atom is 0.264 e. The molecule has 5 nitrogen and oxygen atoms in total. The van der Waals surface area contributed by atoms with E-state index >= 15 is 0 Å². The van der Waals surface area contributed by atoms with Gasteiger partial charge in [0.15, 0.2) is 0 Å². The van der Waals surface area contributed by atoms with Crippen molar-refractivity contribution in [3.05, 3.63) is 54.3 Å². The van der Waals surface area contributed by atoms with Gasteiger partial charge >= 0.3 is 0 Å². The van der Waals surface area contributed by atoms with E-state index < -0.39 is 15.8 Å². The Morgan fingerprint density at radius 1 is 1.05 bits per heavy atom. The molecule has 7 heteroatoms. The van der Waals surface area contributed by atoms with E-state index in [0.29, 0.717) is 5.52 Å². The summed E-state index contributed by atoms with van der Waals surface area (Å²) in [7, 11) is -3.79. The van der Waals surface area contributed by atoms with Gasteiger partial charge in [-0.3, -0.25) is 0 Å². The minimum Gasteiger partial charge on any atom is -0.323 e. The summed E-state index contributed by atoms with van der Waals surface area (Å²) in [5.41, 5.74) is 1.38. The van der Waals surface area contributed by atoms with Gasteiger partial charge in [0.2, 0.25) is 5.95 Å². The first-order valence-electron chi connectivity index (χ1n) is 5.78. The molecule has 0 saturated heterocycles. The highest BCUT2D eigenvalue weighted by Gasteiger charge is 2.16. The number of nitrogens with one attached hydrogen (secondary N) is 2. The molecule has 2 aromatic carbocycles. The van der Waals surface area contributed by atoms with Crippen molar-refractivity contribution in [2.45, 2.75) is 4.90 Å². The second-order valence-corrected chi connectivity index (χ2v) is 5.84. The third-order valence-electron chi connectivity index (χ3n) is 2.74. The normalized spacial score (nSPS) is 11.7. The first-order valence-corrected chi connectivity index (χ1v) is 7.26. The van der Waals surface area contributed by atoms with Crippen molar-refractivity contribution in [2.75, 3.05) is 4.72 Å². The van der Waals surface area contributed by atoms with Crippen LogP contribution < -0.4 is 4.72 Å². The summed E-state index contributed by atoms with van der Waals surface area (Å²) in [6.45, 7) is 0. The van der Waals surface area contributed by atoms with E-state index in [1.165, 1.54) is 12.1 Å². The Hall–Kier alpha value is -2.41. The molecule has 0 amide bonds. The fraction of sp³-hybridized carbons (Fsp3) is 0. The van der Waals surface area contributed by atoms with Crippen LogP contribution in [0.3, 0.4) is 0 Å². The number of benzene rings is 2. The van der Waals surface area contributed by atoms with Gasteiger partial charge in [0.1, 0.15) is 5.82 Å². The zero-order chi connectivity index (χ0) is 14.2. The number of hydrogen-bond acceptors (Lipinski definition) is 3. The molecular weight excluding hydrogens is 281 g/mol. The SMILES string of the molecule is O=S(=O)(Nc1nc2ccccc2[nH]1)c1ccc(F)cc1. The topological polar surface area (TPSA) is 74.8 Å². The van der Waals surface area contributed by atoms with Gasteiger partial charge in [0, 0.05) is 0 Å². The summed E-state index contributed by atoms with van der Waals surface area (Å²) < 4.78 is 39.3. The van der Waals surface area contributed by atoms with Crippen molar-refractivity contribution in [2.24, 2.45) is 0 Å². The Morgan fingerprint density at radius 2 is 1.75 bits per heavy atom. The Kier molecular flexibility index (Phi) is 2.90. The van der Waals surface area contributed by atoms with Gasteiger partial charge in [0.05, 0.1) is 15.9 Å². The molecule has 3 rings (SSSR count). The second kappa shape index (κ2) is 4.61. The molecule has 1 aromatic heterocycles. The molecule has 0 unspecified atom stereocenters. The predicted molar refractivity (Wildman–Crippen MR) is 73.3 cm³/mol. The highest BCUT2D eigenvalue weighted by atomic mass is 32.2. The number of halogens is 1. The number of anilines is 1. The summed E-state index contributed by atoms with van der Waals surface area (Å²) >= 11 is 0. The van der Waals surface area contributed by atoms with Crippen LogP contribution in [0, 0.1) is 5.82 Å². The Bertz CT molecular complexity index is 824. The summed E-state index contributed by atoms with van der Waals surface area (Å²) in [6, 6.07) is 11.8. The van der Waals surface area contributed by atoms with E-state index in [2.05, 4.69) is 14.7 Å². The van der Waals surface area contributed by atoms with Crippen LogP contribution in [0.5, 0.6) is 0 Å². The zero-order valence-corrected chi connectivity index (χ0v) is 11.0. The molecule has 102 valence electrons. The Morgan fingerprint density at radius 3 is 2.45 bits per heavy atom. The maximum absolute atomic E-state index is 12.8. The Balaban J connectivity index is 1.94. The molecule has 20 heavy (non-hydrogen) atoms. The minimum atomic E-state index is -3.79. The number of hydrogen-bond donors (Lipinski definition) is 2. The standard InChI is InChI=1S/C13H10FN3O2S/c14-9-5-7-10(8-6-9)20(18,19)17-13-15-11-3-1-2-4-12(11)16-13/h1-8H,(H2,15,16,17). The molecule has 0 fully saturated rings. The minimum absolute atomic E-state index is 0.0284. The van der Waals surface area contributed by atoms with E-state index in [0.717, 1.165) is 17.6 Å². The molecular formula is C13H10FN3O2S. The molecule has 0 aliphatic rings. The molecule has 0 aliphatic heterocycles. The average Bonchev–Trinajstić information content (AvgIpc) is 2.80. The molecule has 0 bridgehead atoms. The van der Waals surface area contributed by atoms with Crippen molar-refractivity contribution in [3.63, 3.8) is 0 Å². The van der Waals surface area contributed by atoms with Crippen LogP contribution in [-0.4, -0.2) is 18.4 Å². The molecule has 0 saturated carbocycles. The lowest BCUT2D eigenvalue weighted by Gasteiger charge is -2.04. The molecule has 0 radical (unpaired) electrons. The van der Waals surface area contributed by atoms with Crippen LogP contribution in [0.4, 0.5) is 10.3 Å². The molecule has 0 spiro atoms. The van der Waals surface area contributed by atoms with Crippen LogP contribution >= 0.6 is 0 Å². The number of fused-ring (bicyclic) bond motifs is 1. The van der Waals surface area contributed by atoms with Gasteiger partial charge < -0.3 is 4.98 Å². The lowest BCUT2D eigenvalue weighted by molar-refractivity contribution is 0.599. The van der Waals surface area contributed by atoms with Gasteiger partial charge in [-0.25, -0.2) is 22.5 Å². The number of rotatable bonds is 3. The van der Waals surface area contributed by atoms with Crippen LogP contribution in [-0.2, 0) is 10.0 Å². The lowest BCUT2D eigenvalue weighted by Crippen LogP contribution is -2.13. The second-order valence-electron chi connectivity index (χ2n) is 4.16. The number of imidazole rings is 1. The monoisotopic (exact) mass is 291 g/mol. The fourth-order valence-corrected chi connectivity index (χ4v) is 2.76. The van der Waals surface area contributed by atoms with E-state index in [-0.39, 0.29) is 10.8 Å². The third-order valence-corrected chi connectivity index (χ3v) is 4.10. The molecule has 0 aliphatic carbocycles. The van der Waals surface area contributed by atoms with Gasteiger partial charge in [-0.2, -0.15) is 0 Å². The van der Waals surface area contributed by atoms with Gasteiger partial charge in [0.25, 0.3) is 10.0 Å². The van der Waals surface area contributed by atoms with Crippen molar-refractivity contribution >= 4 is 27.0 Å². The summed E-state index contributed by atoms with van der Waals surface area (Å²) in [5, 5.41) is 0. The molecule has 2 N–H and O–H groups in total. The van der Waals surface area contributed by atoms with E-state index in [1.807, 2.05) is 6.07 Å². The number of H-pyrrole nitrogens is 1. The summed E-state index contributed by atoms with van der Waals surface area (Å²) in [6.07, 6.45) is 0. The van der Waals surface area contributed by atoms with Crippen molar-refractivity contribution in [1.29, 1.82) is 0 Å². The first kappa shape index (κ1) is 12.6. The smallest absolute Gasteiger partial charge is 0.264 e. The largest absolute Gasteiger partial charge is 0.323 e. The quantitative estimate of drug-likeness (QED) is 0.778. The van der Waals surface area contributed by atoms with E-state index in [1.54, 1.807) is 18.2 Å². The van der Waals surface area contributed by atoms with Crippen molar-refractivity contribution in [1.82, 2.24) is 9.97 Å². The predicted octanol–water partition coefficient (Wildman–Crippen LogP) is 2.50.